The van der Waals surface area contributed by atoms with Crippen molar-refractivity contribution in [2.24, 2.45) is 5.92 Å². The van der Waals surface area contributed by atoms with Gasteiger partial charge in [-0.05, 0) is 72.6 Å². The van der Waals surface area contributed by atoms with Crippen LogP contribution in [0.4, 0.5) is 5.69 Å². The summed E-state index contributed by atoms with van der Waals surface area (Å²) in [6.07, 6.45) is 0. The number of hydrogen-bond acceptors (Lipinski definition) is 5. The SMILES string of the molecule is COc1ccc(C(=O)Nc2ccc(-n3nc(OCC(C)C)nc3-c3ccc(Cl)c(Cl)c3)cc2)cc1. The minimum absolute atomic E-state index is 0.220. The lowest BCUT2D eigenvalue weighted by Gasteiger charge is -2.09. The molecule has 180 valence electrons. The number of carbonyl (C=O) groups is 1. The van der Waals surface area contributed by atoms with Crippen molar-refractivity contribution in [3.8, 4) is 28.8 Å². The molecule has 0 bridgehead atoms. The van der Waals surface area contributed by atoms with Crippen molar-refractivity contribution in [3.63, 3.8) is 0 Å². The Morgan fingerprint density at radius 3 is 2.34 bits per heavy atom. The van der Waals surface area contributed by atoms with Gasteiger partial charge in [0.05, 0.1) is 29.4 Å². The molecular formula is C26H24Cl2N4O3. The fourth-order valence-corrected chi connectivity index (χ4v) is 3.53. The predicted molar refractivity (Wildman–Crippen MR) is 138 cm³/mol. The van der Waals surface area contributed by atoms with Gasteiger partial charge in [0.2, 0.25) is 0 Å². The van der Waals surface area contributed by atoms with Crippen molar-refractivity contribution >= 4 is 34.8 Å². The summed E-state index contributed by atoms with van der Waals surface area (Å²) in [5, 5.41) is 8.30. The molecule has 1 aromatic heterocycles. The normalized spacial score (nSPS) is 10.9. The average Bonchev–Trinajstić information content (AvgIpc) is 3.29. The van der Waals surface area contributed by atoms with Crippen LogP contribution < -0.4 is 14.8 Å². The van der Waals surface area contributed by atoms with Crippen molar-refractivity contribution in [3.05, 3.63) is 82.3 Å². The van der Waals surface area contributed by atoms with E-state index in [1.54, 1.807) is 60.3 Å². The number of aromatic nitrogens is 3. The van der Waals surface area contributed by atoms with Crippen LogP contribution in [0.3, 0.4) is 0 Å². The zero-order valence-corrected chi connectivity index (χ0v) is 21.0. The second-order valence-corrected chi connectivity index (χ2v) is 9.01. The van der Waals surface area contributed by atoms with Gasteiger partial charge in [-0.2, -0.15) is 4.98 Å². The Hall–Kier alpha value is -3.55. The second-order valence-electron chi connectivity index (χ2n) is 8.19. The standard InChI is InChI=1S/C26H24Cl2N4O3/c1-16(2)15-35-26-30-24(18-6-13-22(27)23(28)14-18)32(31-26)20-9-7-19(8-10-20)29-25(33)17-4-11-21(34-3)12-5-17/h4-14,16H,15H2,1-3H3,(H,29,33). The van der Waals surface area contributed by atoms with Gasteiger partial charge in [0, 0.05) is 16.8 Å². The monoisotopic (exact) mass is 510 g/mol. The maximum Gasteiger partial charge on any atom is 0.336 e. The lowest BCUT2D eigenvalue weighted by atomic mass is 10.2. The molecule has 3 aromatic carbocycles. The first kappa shape index (κ1) is 24.6. The molecule has 4 aromatic rings. The fourth-order valence-electron chi connectivity index (χ4n) is 3.23. The zero-order chi connectivity index (χ0) is 24.9. The summed E-state index contributed by atoms with van der Waals surface area (Å²) in [6.45, 7) is 4.59. The molecule has 0 aliphatic rings. The lowest BCUT2D eigenvalue weighted by Crippen LogP contribution is -2.11. The number of ether oxygens (including phenoxy) is 2. The molecular weight excluding hydrogens is 487 g/mol. The fraction of sp³-hybridized carbons (Fsp3) is 0.192. The molecule has 0 aliphatic carbocycles. The third-order valence-electron chi connectivity index (χ3n) is 5.03. The van der Waals surface area contributed by atoms with Crippen LogP contribution in [-0.2, 0) is 0 Å². The zero-order valence-electron chi connectivity index (χ0n) is 19.5. The van der Waals surface area contributed by atoms with Gasteiger partial charge in [-0.1, -0.05) is 37.0 Å². The van der Waals surface area contributed by atoms with E-state index in [4.69, 9.17) is 32.7 Å². The van der Waals surface area contributed by atoms with Crippen LogP contribution in [0, 0.1) is 5.92 Å². The molecule has 0 unspecified atom stereocenters. The number of rotatable bonds is 8. The van der Waals surface area contributed by atoms with E-state index in [1.807, 2.05) is 18.2 Å². The van der Waals surface area contributed by atoms with Crippen LogP contribution in [0.5, 0.6) is 11.8 Å². The Morgan fingerprint density at radius 2 is 1.71 bits per heavy atom. The van der Waals surface area contributed by atoms with Crippen LogP contribution in [0.2, 0.25) is 10.0 Å². The van der Waals surface area contributed by atoms with E-state index in [1.165, 1.54) is 0 Å². The molecule has 9 heteroatoms. The molecule has 0 radical (unpaired) electrons. The molecule has 1 heterocycles. The largest absolute Gasteiger partial charge is 0.497 e. The molecule has 0 atom stereocenters. The highest BCUT2D eigenvalue weighted by atomic mass is 35.5. The van der Waals surface area contributed by atoms with E-state index in [0.717, 1.165) is 11.3 Å². The van der Waals surface area contributed by atoms with Gasteiger partial charge < -0.3 is 14.8 Å². The maximum absolute atomic E-state index is 12.6. The highest BCUT2D eigenvalue weighted by Crippen LogP contribution is 2.30. The quantitative estimate of drug-likeness (QED) is 0.291. The smallest absolute Gasteiger partial charge is 0.336 e. The third-order valence-corrected chi connectivity index (χ3v) is 5.77. The van der Waals surface area contributed by atoms with Crippen LogP contribution in [0.1, 0.15) is 24.2 Å². The summed E-state index contributed by atoms with van der Waals surface area (Å²) in [7, 11) is 1.58. The summed E-state index contributed by atoms with van der Waals surface area (Å²) >= 11 is 12.3. The van der Waals surface area contributed by atoms with Gasteiger partial charge in [0.1, 0.15) is 5.75 Å². The molecule has 1 amide bonds. The maximum atomic E-state index is 12.6. The molecule has 7 nitrogen and oxygen atoms in total. The molecule has 1 N–H and O–H groups in total. The molecule has 0 saturated heterocycles. The predicted octanol–water partition coefficient (Wildman–Crippen LogP) is 6.54. The summed E-state index contributed by atoms with van der Waals surface area (Å²) in [4.78, 5) is 17.2. The number of nitrogens with one attached hydrogen (secondary N) is 1. The van der Waals surface area contributed by atoms with Gasteiger partial charge in [0.15, 0.2) is 5.82 Å². The Balaban J connectivity index is 1.60. The Kier molecular flexibility index (Phi) is 7.58. The molecule has 0 fully saturated rings. The van der Waals surface area contributed by atoms with Crippen molar-refractivity contribution in [2.75, 3.05) is 19.0 Å². The second kappa shape index (κ2) is 10.8. The third kappa shape index (κ3) is 5.93. The first-order valence-corrected chi connectivity index (χ1v) is 11.7. The van der Waals surface area contributed by atoms with Gasteiger partial charge >= 0.3 is 6.01 Å². The first-order chi connectivity index (χ1) is 16.8. The van der Waals surface area contributed by atoms with Crippen LogP contribution in [-0.4, -0.2) is 34.4 Å². The topological polar surface area (TPSA) is 78.3 Å². The van der Waals surface area contributed by atoms with Crippen LogP contribution >= 0.6 is 23.2 Å². The Morgan fingerprint density at radius 1 is 1.00 bits per heavy atom. The number of amides is 1. The van der Waals surface area contributed by atoms with E-state index in [-0.39, 0.29) is 11.9 Å². The van der Waals surface area contributed by atoms with E-state index in [9.17, 15) is 4.79 Å². The summed E-state index contributed by atoms with van der Waals surface area (Å²) < 4.78 is 12.6. The van der Waals surface area contributed by atoms with Gasteiger partial charge in [-0.15, -0.1) is 5.10 Å². The van der Waals surface area contributed by atoms with E-state index < -0.39 is 0 Å². The van der Waals surface area contributed by atoms with Crippen LogP contribution in [0.15, 0.2) is 66.7 Å². The molecule has 35 heavy (non-hydrogen) atoms. The van der Waals surface area contributed by atoms with Gasteiger partial charge in [0.25, 0.3) is 5.91 Å². The van der Waals surface area contributed by atoms with Gasteiger partial charge in [-0.3, -0.25) is 4.79 Å². The number of halogens is 2. The summed E-state index contributed by atoms with van der Waals surface area (Å²) in [5.41, 5.74) is 2.64. The van der Waals surface area contributed by atoms with Crippen molar-refractivity contribution in [1.29, 1.82) is 0 Å². The van der Waals surface area contributed by atoms with E-state index >= 15 is 0 Å². The van der Waals surface area contributed by atoms with E-state index in [2.05, 4.69) is 29.2 Å². The van der Waals surface area contributed by atoms with Crippen LogP contribution in [0.25, 0.3) is 17.1 Å². The molecule has 0 spiro atoms. The Bertz CT molecular complexity index is 1320. The first-order valence-electron chi connectivity index (χ1n) is 10.9. The van der Waals surface area contributed by atoms with E-state index in [0.29, 0.717) is 45.4 Å². The minimum Gasteiger partial charge on any atom is -0.497 e. The lowest BCUT2D eigenvalue weighted by molar-refractivity contribution is 0.102. The number of nitrogens with zero attached hydrogens (tertiary/aromatic N) is 3. The van der Waals surface area contributed by atoms with Gasteiger partial charge in [-0.25, -0.2) is 4.68 Å². The summed E-state index contributed by atoms with van der Waals surface area (Å²) in [6, 6.07) is 19.7. The number of anilines is 1. The van der Waals surface area contributed by atoms with Crippen molar-refractivity contribution in [2.45, 2.75) is 13.8 Å². The number of carbonyl (C=O) groups excluding carboxylic acids is 1. The summed E-state index contributed by atoms with van der Waals surface area (Å²) in [5.74, 6) is 1.34. The number of hydrogen-bond donors (Lipinski definition) is 1. The van der Waals surface area contributed by atoms with Crippen molar-refractivity contribution in [1.82, 2.24) is 14.8 Å². The molecule has 0 aliphatic heterocycles. The van der Waals surface area contributed by atoms with Crippen molar-refractivity contribution < 1.29 is 14.3 Å². The molecule has 4 rings (SSSR count). The number of methoxy groups -OCH3 is 1. The highest BCUT2D eigenvalue weighted by molar-refractivity contribution is 6.42. The molecule has 0 saturated carbocycles. The Labute approximate surface area is 213 Å². The average molecular weight is 511 g/mol. The number of benzene rings is 3. The minimum atomic E-state index is -0.220. The highest BCUT2D eigenvalue weighted by Gasteiger charge is 2.17.